The molecule has 0 aliphatic carbocycles. The first-order valence-electron chi connectivity index (χ1n) is 5.30. The molecule has 2 aromatic rings. The molecule has 1 heterocycles. The van der Waals surface area contributed by atoms with E-state index in [0.29, 0.717) is 16.6 Å². The highest BCUT2D eigenvalue weighted by atomic mass is 32.2. The molecule has 0 fully saturated rings. The number of sulfone groups is 1. The lowest BCUT2D eigenvalue weighted by Gasteiger charge is -2.03. The molecule has 0 aliphatic heterocycles. The number of nitrogens with zero attached hydrogens (tertiary/aromatic N) is 1. The first kappa shape index (κ1) is 12.6. The highest BCUT2D eigenvalue weighted by Gasteiger charge is 2.23. The van der Waals surface area contributed by atoms with Crippen LogP contribution in [0.15, 0.2) is 29.2 Å². The molecule has 1 N–H and O–H groups in total. The van der Waals surface area contributed by atoms with Crippen molar-refractivity contribution in [2.24, 2.45) is 7.05 Å². The van der Waals surface area contributed by atoms with Crippen LogP contribution in [-0.4, -0.2) is 30.3 Å². The number of carbonyl (C=O) groups is 1. The summed E-state index contributed by atoms with van der Waals surface area (Å²) in [5.74, 6) is -1.05. The van der Waals surface area contributed by atoms with E-state index in [2.05, 4.69) is 0 Å². The number of hydrogen-bond acceptors (Lipinski definition) is 3. The highest BCUT2D eigenvalue weighted by Crippen LogP contribution is 2.29. The lowest BCUT2D eigenvalue weighted by atomic mass is 10.2. The molecule has 2 rings (SSSR count). The predicted octanol–water partition coefficient (Wildman–Crippen LogP) is 1.21. The third-order valence-electron chi connectivity index (χ3n) is 2.87. The summed E-state index contributed by atoms with van der Waals surface area (Å²) in [6, 6.07) is 6.99. The molecule has 0 saturated heterocycles. The van der Waals surface area contributed by atoms with Gasteiger partial charge in [0.1, 0.15) is 0 Å². The van der Waals surface area contributed by atoms with Crippen LogP contribution < -0.4 is 0 Å². The number of aliphatic carboxylic acids is 1. The van der Waals surface area contributed by atoms with Gasteiger partial charge in [-0.3, -0.25) is 4.79 Å². The monoisotopic (exact) mass is 267 g/mol. The molecule has 0 bridgehead atoms. The number of aromatic nitrogens is 1. The minimum atomic E-state index is -3.47. The van der Waals surface area contributed by atoms with Crippen LogP contribution in [0, 0.1) is 0 Å². The van der Waals surface area contributed by atoms with E-state index in [-0.39, 0.29) is 11.3 Å². The van der Waals surface area contributed by atoms with Crippen molar-refractivity contribution in [2.45, 2.75) is 11.3 Å². The quantitative estimate of drug-likeness (QED) is 0.906. The topological polar surface area (TPSA) is 76.4 Å². The number of hydrogen-bond donors (Lipinski definition) is 1. The summed E-state index contributed by atoms with van der Waals surface area (Å²) in [6.07, 6.45) is 0.785. The fraction of sp³-hybridized carbons (Fsp3) is 0.250. The Kier molecular flexibility index (Phi) is 2.90. The minimum absolute atomic E-state index is 0.114. The summed E-state index contributed by atoms with van der Waals surface area (Å²) < 4.78 is 25.3. The van der Waals surface area contributed by atoms with Gasteiger partial charge < -0.3 is 9.67 Å². The molecule has 6 heteroatoms. The molecular weight excluding hydrogens is 254 g/mol. The number of carboxylic acid groups (broad SMARTS) is 1. The molecule has 5 nitrogen and oxygen atoms in total. The Morgan fingerprint density at radius 1 is 1.33 bits per heavy atom. The summed E-state index contributed by atoms with van der Waals surface area (Å²) in [4.78, 5) is 11.0. The Bertz CT molecular complexity index is 728. The van der Waals surface area contributed by atoms with Crippen molar-refractivity contribution in [2.75, 3.05) is 6.26 Å². The molecule has 0 radical (unpaired) electrons. The maximum Gasteiger partial charge on any atom is 0.309 e. The summed E-state index contributed by atoms with van der Waals surface area (Å²) in [6.45, 7) is 0. The summed E-state index contributed by atoms with van der Waals surface area (Å²) in [7, 11) is -1.79. The van der Waals surface area contributed by atoms with Crippen molar-refractivity contribution < 1.29 is 18.3 Å². The molecule has 0 aliphatic rings. The number of aryl methyl sites for hydroxylation is 1. The normalized spacial score (nSPS) is 11.9. The second-order valence-corrected chi connectivity index (χ2v) is 6.15. The third kappa shape index (κ3) is 1.99. The van der Waals surface area contributed by atoms with Crippen LogP contribution in [0.25, 0.3) is 10.9 Å². The fourth-order valence-corrected chi connectivity index (χ4v) is 3.38. The standard InChI is InChI=1S/C12H13NO4S/c1-13-9-6-4-3-5-8(9)12(18(2,16)17)10(13)7-11(14)15/h3-6H,7H2,1-2H3,(H,14,15). The van der Waals surface area contributed by atoms with Gasteiger partial charge in [0.2, 0.25) is 0 Å². The molecule has 1 aromatic carbocycles. The van der Waals surface area contributed by atoms with Gasteiger partial charge in [-0.2, -0.15) is 0 Å². The van der Waals surface area contributed by atoms with Crippen molar-refractivity contribution in [3.05, 3.63) is 30.0 Å². The van der Waals surface area contributed by atoms with Crippen molar-refractivity contribution in [3.63, 3.8) is 0 Å². The second kappa shape index (κ2) is 4.13. The van der Waals surface area contributed by atoms with Gasteiger partial charge in [-0.1, -0.05) is 18.2 Å². The lowest BCUT2D eigenvalue weighted by Crippen LogP contribution is -2.09. The van der Waals surface area contributed by atoms with E-state index in [9.17, 15) is 13.2 Å². The highest BCUT2D eigenvalue weighted by molar-refractivity contribution is 7.91. The van der Waals surface area contributed by atoms with E-state index in [0.717, 1.165) is 6.26 Å². The zero-order valence-electron chi connectivity index (χ0n) is 10.0. The van der Waals surface area contributed by atoms with E-state index in [1.165, 1.54) is 0 Å². The summed E-state index contributed by atoms with van der Waals surface area (Å²) >= 11 is 0. The van der Waals surface area contributed by atoms with Crippen LogP contribution in [0.3, 0.4) is 0 Å². The zero-order chi connectivity index (χ0) is 13.5. The Labute approximate surface area is 105 Å². The van der Waals surface area contributed by atoms with Gasteiger partial charge >= 0.3 is 5.97 Å². The van der Waals surface area contributed by atoms with E-state index in [4.69, 9.17) is 5.11 Å². The largest absolute Gasteiger partial charge is 0.481 e. The van der Waals surface area contributed by atoms with Gasteiger partial charge in [0.25, 0.3) is 0 Å². The van der Waals surface area contributed by atoms with E-state index >= 15 is 0 Å². The van der Waals surface area contributed by atoms with Crippen molar-refractivity contribution in [3.8, 4) is 0 Å². The minimum Gasteiger partial charge on any atom is -0.481 e. The van der Waals surface area contributed by atoms with Crippen LogP contribution in [0.4, 0.5) is 0 Å². The average Bonchev–Trinajstić information content (AvgIpc) is 2.52. The molecule has 18 heavy (non-hydrogen) atoms. The van der Waals surface area contributed by atoms with Crippen molar-refractivity contribution >= 4 is 26.7 Å². The zero-order valence-corrected chi connectivity index (χ0v) is 10.9. The third-order valence-corrected chi connectivity index (χ3v) is 4.06. The van der Waals surface area contributed by atoms with Gasteiger partial charge in [0.15, 0.2) is 9.84 Å². The van der Waals surface area contributed by atoms with Crippen LogP contribution in [0.2, 0.25) is 0 Å². The Morgan fingerprint density at radius 3 is 2.50 bits per heavy atom. The van der Waals surface area contributed by atoms with Crippen LogP contribution in [0.5, 0.6) is 0 Å². The molecule has 0 atom stereocenters. The number of rotatable bonds is 3. The molecule has 0 unspecified atom stereocenters. The van der Waals surface area contributed by atoms with E-state index in [1.54, 1.807) is 35.9 Å². The number of fused-ring (bicyclic) bond motifs is 1. The first-order valence-corrected chi connectivity index (χ1v) is 7.19. The first-order chi connectivity index (χ1) is 8.32. The molecule has 96 valence electrons. The Balaban J connectivity index is 2.90. The van der Waals surface area contributed by atoms with Crippen molar-refractivity contribution in [1.82, 2.24) is 4.57 Å². The molecule has 0 spiro atoms. The van der Waals surface area contributed by atoms with Gasteiger partial charge in [0, 0.05) is 29.9 Å². The van der Waals surface area contributed by atoms with Crippen LogP contribution in [0.1, 0.15) is 5.69 Å². The Hall–Kier alpha value is -1.82. The van der Waals surface area contributed by atoms with E-state index in [1.807, 2.05) is 0 Å². The SMILES string of the molecule is Cn1c(CC(=O)O)c(S(C)(=O)=O)c2ccccc21. The Morgan fingerprint density at radius 2 is 1.94 bits per heavy atom. The molecular formula is C12H13NO4S. The van der Waals surface area contributed by atoms with Crippen LogP contribution in [-0.2, 0) is 28.1 Å². The number of carboxylic acids is 1. The average molecular weight is 267 g/mol. The van der Waals surface area contributed by atoms with E-state index < -0.39 is 15.8 Å². The van der Waals surface area contributed by atoms with Gasteiger partial charge in [-0.05, 0) is 6.07 Å². The summed E-state index contributed by atoms with van der Waals surface area (Å²) in [5.41, 5.74) is 1.03. The van der Waals surface area contributed by atoms with Gasteiger partial charge in [-0.25, -0.2) is 8.42 Å². The van der Waals surface area contributed by atoms with Crippen molar-refractivity contribution in [1.29, 1.82) is 0 Å². The summed E-state index contributed by atoms with van der Waals surface area (Å²) in [5, 5.41) is 9.47. The fourth-order valence-electron chi connectivity index (χ4n) is 2.17. The molecule has 1 aromatic heterocycles. The van der Waals surface area contributed by atoms with Gasteiger partial charge in [0.05, 0.1) is 11.3 Å². The second-order valence-electron chi connectivity index (χ2n) is 4.19. The maximum atomic E-state index is 11.9. The number of benzene rings is 1. The maximum absolute atomic E-state index is 11.9. The number of para-hydroxylation sites is 1. The molecule has 0 amide bonds. The molecule has 0 saturated carbocycles. The lowest BCUT2D eigenvalue weighted by molar-refractivity contribution is -0.136. The van der Waals surface area contributed by atoms with Crippen LogP contribution >= 0.6 is 0 Å². The van der Waals surface area contributed by atoms with Gasteiger partial charge in [-0.15, -0.1) is 0 Å². The smallest absolute Gasteiger partial charge is 0.309 e. The predicted molar refractivity (Wildman–Crippen MR) is 67.4 cm³/mol.